The summed E-state index contributed by atoms with van der Waals surface area (Å²) >= 11 is 0. The quantitative estimate of drug-likeness (QED) is 0.702. The van der Waals surface area contributed by atoms with Crippen molar-refractivity contribution in [3.8, 4) is 0 Å². The number of ether oxygens (including phenoxy) is 1. The predicted octanol–water partition coefficient (Wildman–Crippen LogP) is -1.30. The molecule has 0 bridgehead atoms. The smallest absolute Gasteiger partial charge is 0.282 e. The van der Waals surface area contributed by atoms with Gasteiger partial charge in [-0.3, -0.25) is 4.90 Å². The molecule has 7 nitrogen and oxygen atoms in total. The second kappa shape index (κ2) is 5.86. The summed E-state index contributed by atoms with van der Waals surface area (Å²) in [4.78, 5) is 2.15. The summed E-state index contributed by atoms with van der Waals surface area (Å²) in [6.07, 6.45) is 1.26. The van der Waals surface area contributed by atoms with Gasteiger partial charge in [-0.1, -0.05) is 0 Å². The van der Waals surface area contributed by atoms with Gasteiger partial charge in [0.1, 0.15) is 0 Å². The van der Waals surface area contributed by atoms with E-state index in [1.54, 1.807) is 4.31 Å². The molecule has 0 unspecified atom stereocenters. The number of β-amino-alcohol motifs (C(OH)–C–C–N with tert-alkyl or cyclic N) is 1. The van der Waals surface area contributed by atoms with Gasteiger partial charge in [0.25, 0.3) is 10.2 Å². The van der Waals surface area contributed by atoms with E-state index in [9.17, 15) is 13.5 Å². The third-order valence-corrected chi connectivity index (χ3v) is 6.43. The Labute approximate surface area is 120 Å². The van der Waals surface area contributed by atoms with Crippen molar-refractivity contribution in [2.24, 2.45) is 0 Å². The molecule has 3 saturated heterocycles. The van der Waals surface area contributed by atoms with Crippen molar-refractivity contribution in [2.75, 3.05) is 52.5 Å². The first-order valence-electron chi connectivity index (χ1n) is 7.34. The molecule has 116 valence electrons. The highest BCUT2D eigenvalue weighted by Gasteiger charge is 2.43. The molecule has 20 heavy (non-hydrogen) atoms. The van der Waals surface area contributed by atoms with Crippen molar-refractivity contribution in [2.45, 2.75) is 25.0 Å². The van der Waals surface area contributed by atoms with Crippen LogP contribution in [0.1, 0.15) is 12.8 Å². The summed E-state index contributed by atoms with van der Waals surface area (Å²) in [5, 5.41) is 10.2. The van der Waals surface area contributed by atoms with Crippen LogP contribution in [0.25, 0.3) is 0 Å². The van der Waals surface area contributed by atoms with Crippen molar-refractivity contribution < 1.29 is 18.3 Å². The van der Waals surface area contributed by atoms with Crippen LogP contribution in [-0.2, 0) is 14.9 Å². The van der Waals surface area contributed by atoms with Crippen LogP contribution in [0.3, 0.4) is 0 Å². The molecular weight excluding hydrogens is 282 g/mol. The predicted molar refractivity (Wildman–Crippen MR) is 73.5 cm³/mol. The fourth-order valence-electron chi connectivity index (χ4n) is 3.27. The normalized spacial score (nSPS) is 34.9. The van der Waals surface area contributed by atoms with Gasteiger partial charge >= 0.3 is 0 Å². The molecule has 0 saturated carbocycles. The molecule has 3 aliphatic heterocycles. The SMILES string of the molecule is O=S(=O)(N1CCCC1)N1C[C@@H](O)[C@H](N2CCOCC2)C1. The second-order valence-electron chi connectivity index (χ2n) is 5.71. The van der Waals surface area contributed by atoms with Gasteiger partial charge in [-0.05, 0) is 12.8 Å². The van der Waals surface area contributed by atoms with Gasteiger partial charge in [0.15, 0.2) is 0 Å². The van der Waals surface area contributed by atoms with Gasteiger partial charge in [-0.2, -0.15) is 17.0 Å². The van der Waals surface area contributed by atoms with E-state index in [-0.39, 0.29) is 12.6 Å². The third kappa shape index (κ3) is 2.72. The fourth-order valence-corrected chi connectivity index (χ4v) is 5.00. The Balaban J connectivity index is 1.67. The summed E-state index contributed by atoms with van der Waals surface area (Å²) < 4.78 is 33.3. The monoisotopic (exact) mass is 305 g/mol. The van der Waals surface area contributed by atoms with Gasteiger partial charge < -0.3 is 9.84 Å². The minimum Gasteiger partial charge on any atom is -0.390 e. The van der Waals surface area contributed by atoms with Gasteiger partial charge in [0.2, 0.25) is 0 Å². The average molecular weight is 305 g/mol. The molecule has 3 rings (SSSR count). The molecule has 0 spiro atoms. The lowest BCUT2D eigenvalue weighted by Gasteiger charge is -2.33. The molecule has 0 aliphatic carbocycles. The van der Waals surface area contributed by atoms with Crippen LogP contribution in [0, 0.1) is 0 Å². The molecule has 1 N–H and O–H groups in total. The van der Waals surface area contributed by atoms with Crippen LogP contribution >= 0.6 is 0 Å². The second-order valence-corrected chi connectivity index (χ2v) is 7.64. The first-order valence-corrected chi connectivity index (χ1v) is 8.74. The molecule has 0 aromatic carbocycles. The highest BCUT2D eigenvalue weighted by Crippen LogP contribution is 2.24. The standard InChI is InChI=1S/C12H23N3O4S/c16-12-10-15(20(17,18)14-3-1-2-4-14)9-11(12)13-5-7-19-8-6-13/h11-12,16H,1-10H2/t11-,12-/m1/s1. The molecule has 8 heteroatoms. The lowest BCUT2D eigenvalue weighted by atomic mass is 10.2. The van der Waals surface area contributed by atoms with Crippen LogP contribution in [0.15, 0.2) is 0 Å². The Kier molecular flexibility index (Phi) is 4.30. The topological polar surface area (TPSA) is 73.3 Å². The molecule has 0 aromatic heterocycles. The molecule has 0 aromatic rings. The Bertz CT molecular complexity index is 432. The minimum atomic E-state index is -3.39. The number of nitrogens with zero attached hydrogens (tertiary/aromatic N) is 3. The van der Waals surface area contributed by atoms with Crippen molar-refractivity contribution in [1.29, 1.82) is 0 Å². The molecule has 2 atom stereocenters. The largest absolute Gasteiger partial charge is 0.390 e. The fraction of sp³-hybridized carbons (Fsp3) is 1.00. The maximum atomic E-state index is 12.5. The van der Waals surface area contributed by atoms with E-state index < -0.39 is 16.3 Å². The zero-order valence-corrected chi connectivity index (χ0v) is 12.5. The lowest BCUT2D eigenvalue weighted by Crippen LogP contribution is -2.49. The lowest BCUT2D eigenvalue weighted by molar-refractivity contribution is -0.00603. The van der Waals surface area contributed by atoms with E-state index in [2.05, 4.69) is 4.90 Å². The maximum Gasteiger partial charge on any atom is 0.282 e. The maximum absolute atomic E-state index is 12.5. The van der Waals surface area contributed by atoms with Gasteiger partial charge in [-0.15, -0.1) is 0 Å². The molecule has 0 radical (unpaired) electrons. The van der Waals surface area contributed by atoms with E-state index in [0.717, 1.165) is 25.9 Å². The zero-order chi connectivity index (χ0) is 14.2. The van der Waals surface area contributed by atoms with Crippen LogP contribution < -0.4 is 0 Å². The van der Waals surface area contributed by atoms with Crippen molar-refractivity contribution in [1.82, 2.24) is 13.5 Å². The highest BCUT2D eigenvalue weighted by atomic mass is 32.2. The first kappa shape index (κ1) is 14.7. The van der Waals surface area contributed by atoms with E-state index in [1.807, 2.05) is 0 Å². The number of rotatable bonds is 3. The summed E-state index contributed by atoms with van der Waals surface area (Å²) in [7, 11) is -3.39. The van der Waals surface area contributed by atoms with Gasteiger partial charge in [0.05, 0.1) is 25.4 Å². The summed E-state index contributed by atoms with van der Waals surface area (Å²) in [6.45, 7) is 4.65. The van der Waals surface area contributed by atoms with E-state index in [4.69, 9.17) is 4.74 Å². The Morgan fingerprint density at radius 1 is 0.950 bits per heavy atom. The Hall–Kier alpha value is -0.250. The van der Waals surface area contributed by atoms with Crippen LogP contribution in [0.2, 0.25) is 0 Å². The van der Waals surface area contributed by atoms with Crippen molar-refractivity contribution in [3.05, 3.63) is 0 Å². The van der Waals surface area contributed by atoms with Crippen LogP contribution in [0.5, 0.6) is 0 Å². The molecule has 0 amide bonds. The highest BCUT2D eigenvalue weighted by molar-refractivity contribution is 7.86. The van der Waals surface area contributed by atoms with E-state index >= 15 is 0 Å². The molecular formula is C12H23N3O4S. The average Bonchev–Trinajstić information content (AvgIpc) is 3.09. The number of aliphatic hydroxyl groups excluding tert-OH is 1. The van der Waals surface area contributed by atoms with Gasteiger partial charge in [-0.25, -0.2) is 0 Å². The molecule has 3 aliphatic rings. The van der Waals surface area contributed by atoms with Crippen molar-refractivity contribution >= 4 is 10.2 Å². The number of morpholine rings is 1. The van der Waals surface area contributed by atoms with Crippen molar-refractivity contribution in [3.63, 3.8) is 0 Å². The first-order chi connectivity index (χ1) is 9.59. The van der Waals surface area contributed by atoms with Crippen LogP contribution in [-0.4, -0.2) is 91.7 Å². The van der Waals surface area contributed by atoms with Crippen LogP contribution in [0.4, 0.5) is 0 Å². The number of hydrogen-bond acceptors (Lipinski definition) is 5. The third-order valence-electron chi connectivity index (χ3n) is 4.46. The summed E-state index contributed by atoms with van der Waals surface area (Å²) in [5.74, 6) is 0. The Morgan fingerprint density at radius 2 is 1.60 bits per heavy atom. The zero-order valence-electron chi connectivity index (χ0n) is 11.6. The van der Waals surface area contributed by atoms with Gasteiger partial charge in [0, 0.05) is 39.3 Å². The van der Waals surface area contributed by atoms with E-state index in [0.29, 0.717) is 32.8 Å². The summed E-state index contributed by atoms with van der Waals surface area (Å²) in [6, 6.07) is -0.101. The summed E-state index contributed by atoms with van der Waals surface area (Å²) in [5.41, 5.74) is 0. The Morgan fingerprint density at radius 3 is 2.25 bits per heavy atom. The minimum absolute atomic E-state index is 0.101. The molecule has 3 fully saturated rings. The number of hydrogen-bond donors (Lipinski definition) is 1. The van der Waals surface area contributed by atoms with E-state index in [1.165, 1.54) is 4.31 Å². The molecule has 3 heterocycles. The number of aliphatic hydroxyl groups is 1.